The summed E-state index contributed by atoms with van der Waals surface area (Å²) in [5, 5.41) is 9.31. The van der Waals surface area contributed by atoms with E-state index in [1.165, 1.54) is 22.3 Å². The summed E-state index contributed by atoms with van der Waals surface area (Å²) in [4.78, 5) is 0. The number of phenolic OH excluding ortho intramolecular Hbond substituents is 1. The fourth-order valence-electron chi connectivity index (χ4n) is 2.08. The van der Waals surface area contributed by atoms with Crippen molar-refractivity contribution in [3.63, 3.8) is 0 Å². The normalized spacial score (nSPS) is 10.5. The molecule has 0 fully saturated rings. The summed E-state index contributed by atoms with van der Waals surface area (Å²) in [6.45, 7) is 4.35. The second-order valence-corrected chi connectivity index (χ2v) is 4.25. The van der Waals surface area contributed by atoms with Gasteiger partial charge in [0.25, 0.3) is 0 Å². The van der Waals surface area contributed by atoms with Crippen LogP contribution >= 0.6 is 0 Å². The van der Waals surface area contributed by atoms with Crippen LogP contribution in [0.1, 0.15) is 25.0 Å². The minimum atomic E-state index is 0.317. The standard InChI is InChI=1S/C16H18O/c1-3-12-5-10-16(13(4-2)11-12)14-6-8-15(17)9-7-14/h5-11,17H,3-4H2,1-2H3. The van der Waals surface area contributed by atoms with Crippen molar-refractivity contribution in [1.82, 2.24) is 0 Å². The highest BCUT2D eigenvalue weighted by Crippen LogP contribution is 2.27. The second kappa shape index (κ2) is 5.05. The lowest BCUT2D eigenvalue weighted by molar-refractivity contribution is 0.475. The van der Waals surface area contributed by atoms with Crippen LogP contribution in [0.4, 0.5) is 0 Å². The molecule has 1 N–H and O–H groups in total. The summed E-state index contributed by atoms with van der Waals surface area (Å²) in [6, 6.07) is 14.1. The van der Waals surface area contributed by atoms with Gasteiger partial charge in [0.05, 0.1) is 0 Å². The van der Waals surface area contributed by atoms with E-state index in [9.17, 15) is 5.11 Å². The highest BCUT2D eigenvalue weighted by molar-refractivity contribution is 5.68. The van der Waals surface area contributed by atoms with Gasteiger partial charge in [-0.05, 0) is 47.2 Å². The third kappa shape index (κ3) is 2.50. The highest BCUT2D eigenvalue weighted by Gasteiger charge is 2.04. The molecule has 0 unspecified atom stereocenters. The van der Waals surface area contributed by atoms with Gasteiger partial charge in [-0.25, -0.2) is 0 Å². The first-order chi connectivity index (χ1) is 8.24. The summed E-state index contributed by atoms with van der Waals surface area (Å²) >= 11 is 0. The van der Waals surface area contributed by atoms with Crippen molar-refractivity contribution in [2.75, 3.05) is 0 Å². The van der Waals surface area contributed by atoms with Gasteiger partial charge in [0, 0.05) is 0 Å². The van der Waals surface area contributed by atoms with Gasteiger partial charge < -0.3 is 5.11 Å². The van der Waals surface area contributed by atoms with E-state index in [-0.39, 0.29) is 0 Å². The fourth-order valence-corrected chi connectivity index (χ4v) is 2.08. The van der Waals surface area contributed by atoms with Gasteiger partial charge in [-0.2, -0.15) is 0 Å². The molecule has 0 saturated heterocycles. The zero-order valence-corrected chi connectivity index (χ0v) is 10.4. The van der Waals surface area contributed by atoms with Crippen molar-refractivity contribution in [3.8, 4) is 16.9 Å². The molecule has 0 saturated carbocycles. The average Bonchev–Trinajstić information content (AvgIpc) is 2.39. The number of rotatable bonds is 3. The Labute approximate surface area is 103 Å². The van der Waals surface area contributed by atoms with E-state index in [0.29, 0.717) is 5.75 Å². The molecule has 1 heteroatoms. The molecule has 0 bridgehead atoms. The van der Waals surface area contributed by atoms with E-state index < -0.39 is 0 Å². The van der Waals surface area contributed by atoms with E-state index in [2.05, 4.69) is 32.0 Å². The first-order valence-electron chi connectivity index (χ1n) is 6.15. The van der Waals surface area contributed by atoms with E-state index in [1.807, 2.05) is 12.1 Å². The minimum absolute atomic E-state index is 0.317. The van der Waals surface area contributed by atoms with Crippen molar-refractivity contribution in [2.24, 2.45) is 0 Å². The molecule has 0 atom stereocenters. The quantitative estimate of drug-likeness (QED) is 0.832. The van der Waals surface area contributed by atoms with E-state index >= 15 is 0 Å². The van der Waals surface area contributed by atoms with Crippen LogP contribution in [-0.2, 0) is 12.8 Å². The topological polar surface area (TPSA) is 20.2 Å². The van der Waals surface area contributed by atoms with Gasteiger partial charge in [-0.1, -0.05) is 44.2 Å². The van der Waals surface area contributed by atoms with Crippen LogP contribution < -0.4 is 0 Å². The number of benzene rings is 2. The largest absolute Gasteiger partial charge is 0.508 e. The first kappa shape index (κ1) is 11.7. The lowest BCUT2D eigenvalue weighted by atomic mass is 9.95. The molecule has 0 aromatic heterocycles. The maximum Gasteiger partial charge on any atom is 0.115 e. The summed E-state index contributed by atoms with van der Waals surface area (Å²) in [7, 11) is 0. The molecule has 0 spiro atoms. The molecular weight excluding hydrogens is 208 g/mol. The maximum absolute atomic E-state index is 9.31. The number of aromatic hydroxyl groups is 1. The molecule has 88 valence electrons. The molecule has 0 radical (unpaired) electrons. The fraction of sp³-hybridized carbons (Fsp3) is 0.250. The Kier molecular flexibility index (Phi) is 3.48. The van der Waals surface area contributed by atoms with Crippen molar-refractivity contribution < 1.29 is 5.11 Å². The number of hydrogen-bond acceptors (Lipinski definition) is 1. The van der Waals surface area contributed by atoms with Gasteiger partial charge in [-0.15, -0.1) is 0 Å². The number of hydrogen-bond donors (Lipinski definition) is 1. The number of phenols is 1. The summed E-state index contributed by atoms with van der Waals surface area (Å²) in [6.07, 6.45) is 2.10. The molecule has 0 heterocycles. The Morgan fingerprint density at radius 2 is 1.59 bits per heavy atom. The summed E-state index contributed by atoms with van der Waals surface area (Å²) in [5.74, 6) is 0.317. The van der Waals surface area contributed by atoms with Gasteiger partial charge in [-0.3, -0.25) is 0 Å². The second-order valence-electron chi connectivity index (χ2n) is 4.25. The molecule has 0 aliphatic carbocycles. The highest BCUT2D eigenvalue weighted by atomic mass is 16.3. The Hall–Kier alpha value is -1.76. The first-order valence-corrected chi connectivity index (χ1v) is 6.15. The van der Waals surface area contributed by atoms with Gasteiger partial charge in [0.1, 0.15) is 5.75 Å². The molecular formula is C16H18O. The van der Waals surface area contributed by atoms with Crippen LogP contribution in [0.2, 0.25) is 0 Å². The third-order valence-electron chi connectivity index (χ3n) is 3.14. The molecule has 2 rings (SSSR count). The van der Waals surface area contributed by atoms with Crippen LogP contribution in [-0.4, -0.2) is 5.11 Å². The maximum atomic E-state index is 9.31. The Morgan fingerprint density at radius 3 is 2.18 bits per heavy atom. The Bertz CT molecular complexity index is 497. The average molecular weight is 226 g/mol. The monoisotopic (exact) mass is 226 g/mol. The van der Waals surface area contributed by atoms with Crippen molar-refractivity contribution in [2.45, 2.75) is 26.7 Å². The summed E-state index contributed by atoms with van der Waals surface area (Å²) in [5.41, 5.74) is 5.19. The van der Waals surface area contributed by atoms with Crippen molar-refractivity contribution in [3.05, 3.63) is 53.6 Å². The SMILES string of the molecule is CCc1ccc(-c2ccc(O)cc2)c(CC)c1. The molecule has 0 aliphatic heterocycles. The Balaban J connectivity index is 2.47. The van der Waals surface area contributed by atoms with Crippen molar-refractivity contribution >= 4 is 0 Å². The lowest BCUT2D eigenvalue weighted by Gasteiger charge is -2.10. The van der Waals surface area contributed by atoms with Gasteiger partial charge >= 0.3 is 0 Å². The molecule has 2 aromatic rings. The zero-order chi connectivity index (χ0) is 12.3. The van der Waals surface area contributed by atoms with Crippen molar-refractivity contribution in [1.29, 1.82) is 0 Å². The minimum Gasteiger partial charge on any atom is -0.508 e. The van der Waals surface area contributed by atoms with Crippen LogP contribution in [0.25, 0.3) is 11.1 Å². The third-order valence-corrected chi connectivity index (χ3v) is 3.14. The van der Waals surface area contributed by atoms with Crippen LogP contribution in [0.3, 0.4) is 0 Å². The predicted octanol–water partition coefficient (Wildman–Crippen LogP) is 4.18. The molecule has 1 nitrogen and oxygen atoms in total. The van der Waals surface area contributed by atoms with Crippen LogP contribution in [0, 0.1) is 0 Å². The summed E-state index contributed by atoms with van der Waals surface area (Å²) < 4.78 is 0. The smallest absolute Gasteiger partial charge is 0.115 e. The van der Waals surface area contributed by atoms with Crippen LogP contribution in [0.15, 0.2) is 42.5 Å². The lowest BCUT2D eigenvalue weighted by Crippen LogP contribution is -1.90. The van der Waals surface area contributed by atoms with E-state index in [4.69, 9.17) is 0 Å². The molecule has 0 amide bonds. The van der Waals surface area contributed by atoms with Gasteiger partial charge in [0.15, 0.2) is 0 Å². The van der Waals surface area contributed by atoms with E-state index in [1.54, 1.807) is 12.1 Å². The van der Waals surface area contributed by atoms with E-state index in [0.717, 1.165) is 12.8 Å². The molecule has 17 heavy (non-hydrogen) atoms. The predicted molar refractivity (Wildman–Crippen MR) is 72.3 cm³/mol. The van der Waals surface area contributed by atoms with Gasteiger partial charge in [0.2, 0.25) is 0 Å². The molecule has 2 aromatic carbocycles. The zero-order valence-electron chi connectivity index (χ0n) is 10.4. The van der Waals surface area contributed by atoms with Crippen LogP contribution in [0.5, 0.6) is 5.75 Å². The Morgan fingerprint density at radius 1 is 0.882 bits per heavy atom. The molecule has 0 aliphatic rings. The number of aryl methyl sites for hydroxylation is 2.